The molecule has 0 amide bonds. The maximum Gasteiger partial charge on any atom is 1.00 e. The predicted octanol–water partition coefficient (Wildman–Crippen LogP) is -3.84. The van der Waals surface area contributed by atoms with Gasteiger partial charge in [-0.3, -0.25) is 9.59 Å². The van der Waals surface area contributed by atoms with Crippen molar-refractivity contribution in [2.75, 3.05) is 0 Å². The molecule has 0 saturated carbocycles. The van der Waals surface area contributed by atoms with Crippen LogP contribution in [0.4, 0.5) is 0 Å². The minimum absolute atomic E-state index is 0. The molecule has 0 fully saturated rings. The van der Waals surface area contributed by atoms with E-state index in [1.165, 1.54) is 0 Å². The van der Waals surface area contributed by atoms with Crippen molar-refractivity contribution in [1.82, 2.24) is 0 Å². The number of nitrogens with two attached hydrogens (primary N) is 1. The summed E-state index contributed by atoms with van der Waals surface area (Å²) in [6, 6.07) is 7.57. The molecule has 7 heteroatoms. The van der Waals surface area contributed by atoms with Crippen LogP contribution in [0, 0.1) is 0 Å². The summed E-state index contributed by atoms with van der Waals surface area (Å²) < 4.78 is 4.54. The summed E-state index contributed by atoms with van der Waals surface area (Å²) in [5, 5.41) is 10.3. The Morgan fingerprint density at radius 1 is 1.15 bits per heavy atom. The molecule has 1 aromatic carbocycles. The summed E-state index contributed by atoms with van der Waals surface area (Å²) in [5.74, 6) is -2.92. The Hall–Kier alpha value is -1.21. The van der Waals surface area contributed by atoms with Crippen LogP contribution in [0.25, 0.3) is 0 Å². The van der Waals surface area contributed by atoms with E-state index >= 15 is 0 Å². The number of carboxylic acid groups (broad SMARTS) is 1. The molecule has 0 aliphatic rings. The maximum atomic E-state index is 11.4. The molecule has 6 nitrogen and oxygen atoms in total. The summed E-state index contributed by atoms with van der Waals surface area (Å²) >= 11 is 0. The molecule has 0 bridgehead atoms. The van der Waals surface area contributed by atoms with E-state index in [0.29, 0.717) is 0 Å². The van der Waals surface area contributed by atoms with Crippen LogP contribution in [0.3, 0.4) is 0 Å². The van der Waals surface area contributed by atoms with Crippen molar-refractivity contribution in [3.63, 3.8) is 0 Å². The summed E-state index contributed by atoms with van der Waals surface area (Å²) in [5.41, 5.74) is 5.89. The Labute approximate surface area is 138 Å². The molecule has 1 atom stereocenters. The van der Waals surface area contributed by atoms with Crippen molar-refractivity contribution in [3.8, 4) is 0 Å². The van der Waals surface area contributed by atoms with Gasteiger partial charge in [0.25, 0.3) is 0 Å². The van der Waals surface area contributed by atoms with E-state index in [1.54, 1.807) is 30.3 Å². The van der Waals surface area contributed by atoms with Crippen LogP contribution in [0.1, 0.15) is 18.4 Å². The molecule has 0 radical (unpaired) electrons. The van der Waals surface area contributed by atoms with E-state index in [9.17, 15) is 19.5 Å². The summed E-state index contributed by atoms with van der Waals surface area (Å²) in [7, 11) is 0. The Kier molecular flexibility index (Phi) is 9.07. The van der Waals surface area contributed by atoms with Gasteiger partial charge in [-0.25, -0.2) is 0 Å². The van der Waals surface area contributed by atoms with Gasteiger partial charge in [0.15, 0.2) is 0 Å². The molecule has 2 N–H and O–H groups in total. The Morgan fingerprint density at radius 3 is 2.30 bits per heavy atom. The van der Waals surface area contributed by atoms with Crippen molar-refractivity contribution in [2.24, 2.45) is 5.73 Å². The number of benzene rings is 1. The van der Waals surface area contributed by atoms with Crippen LogP contribution < -0.4 is 40.4 Å². The summed E-state index contributed by atoms with van der Waals surface area (Å²) in [6.07, 6.45) is -0.380. The van der Waals surface area contributed by atoms with Crippen LogP contribution in [0.5, 0.6) is 0 Å². The number of rotatable bonds is 6. The van der Waals surface area contributed by atoms with Gasteiger partial charge in [-0.05, 0) is 12.0 Å². The van der Waals surface area contributed by atoms with Crippen molar-refractivity contribution >= 4 is 17.9 Å². The quantitative estimate of drug-likeness (QED) is 0.326. The average Bonchev–Trinajstić information content (AvgIpc) is 2.36. The van der Waals surface area contributed by atoms with Gasteiger partial charge in [0.2, 0.25) is 0 Å². The Morgan fingerprint density at radius 2 is 1.75 bits per heavy atom. The molecule has 1 aromatic rings. The number of esters is 2. The molecule has 102 valence electrons. The van der Waals surface area contributed by atoms with Gasteiger partial charge in [-0.15, -0.1) is 0 Å². The molecular formula is C13H14NNaO5. The number of carboxylic acids is 1. The number of carbonyl (C=O) groups is 3. The van der Waals surface area contributed by atoms with E-state index in [2.05, 4.69) is 4.74 Å². The van der Waals surface area contributed by atoms with Crippen LogP contribution >= 0.6 is 0 Å². The second kappa shape index (κ2) is 9.66. The number of hydrogen-bond donors (Lipinski definition) is 1. The van der Waals surface area contributed by atoms with Gasteiger partial charge in [-0.2, -0.15) is 0 Å². The van der Waals surface area contributed by atoms with Gasteiger partial charge in [0, 0.05) is 12.5 Å². The first kappa shape index (κ1) is 18.8. The Bertz CT molecular complexity index is 463. The second-order valence-corrected chi connectivity index (χ2v) is 3.97. The molecule has 0 aliphatic carbocycles. The first-order valence-electron chi connectivity index (χ1n) is 5.73. The second-order valence-electron chi connectivity index (χ2n) is 3.97. The monoisotopic (exact) mass is 287 g/mol. The fraction of sp³-hybridized carbons (Fsp3) is 0.308. The molecule has 0 aliphatic heterocycles. The molecule has 0 aromatic heterocycles. The minimum atomic E-state index is -1.44. The molecule has 1 rings (SSSR count). The zero-order valence-corrected chi connectivity index (χ0v) is 13.2. The normalized spacial score (nSPS) is 11.1. The van der Waals surface area contributed by atoms with E-state index < -0.39 is 23.9 Å². The third-order valence-corrected chi connectivity index (χ3v) is 2.38. The summed E-state index contributed by atoms with van der Waals surface area (Å²) in [4.78, 5) is 33.0. The summed E-state index contributed by atoms with van der Waals surface area (Å²) in [6.45, 7) is 0. The van der Waals surface area contributed by atoms with E-state index in [4.69, 9.17) is 5.73 Å². The van der Waals surface area contributed by atoms with Crippen LogP contribution in [-0.2, 0) is 25.5 Å². The molecular weight excluding hydrogens is 273 g/mol. The molecule has 0 heterocycles. The van der Waals surface area contributed by atoms with E-state index in [1.807, 2.05) is 0 Å². The van der Waals surface area contributed by atoms with Crippen LogP contribution in [-0.4, -0.2) is 23.9 Å². The standard InChI is InChI=1S/C13H15NO5.Na/c14-10(13(17)18)6-7-11(15)19-12(16)8-9-4-2-1-3-5-9;/h1-5,10H,6-8,14H2,(H,17,18);/q;+1/p-1/t10-;/m0./s1. The number of carbonyl (C=O) groups excluding carboxylic acids is 3. The maximum absolute atomic E-state index is 11.4. The molecule has 0 spiro atoms. The molecule has 20 heavy (non-hydrogen) atoms. The SMILES string of the molecule is N[C@@H](CCC(=O)OC(=O)Cc1ccccc1)C(=O)[O-].[Na+]. The smallest absolute Gasteiger partial charge is 0.548 e. The largest absolute Gasteiger partial charge is 1.00 e. The molecule has 0 unspecified atom stereocenters. The van der Waals surface area contributed by atoms with Crippen LogP contribution in [0.15, 0.2) is 30.3 Å². The van der Waals surface area contributed by atoms with E-state index in [0.717, 1.165) is 5.56 Å². The first-order valence-corrected chi connectivity index (χ1v) is 5.73. The Balaban J connectivity index is 0.00000361. The number of hydrogen-bond acceptors (Lipinski definition) is 6. The van der Waals surface area contributed by atoms with Crippen molar-refractivity contribution < 1.29 is 53.8 Å². The first-order chi connectivity index (χ1) is 8.99. The third-order valence-electron chi connectivity index (χ3n) is 2.38. The number of aliphatic carboxylic acids is 1. The van der Waals surface area contributed by atoms with Crippen molar-refractivity contribution in [1.29, 1.82) is 0 Å². The fourth-order valence-corrected chi connectivity index (χ4v) is 1.37. The van der Waals surface area contributed by atoms with E-state index in [-0.39, 0.29) is 48.8 Å². The van der Waals surface area contributed by atoms with Gasteiger partial charge >= 0.3 is 41.5 Å². The van der Waals surface area contributed by atoms with Crippen LogP contribution in [0.2, 0.25) is 0 Å². The van der Waals surface area contributed by atoms with Gasteiger partial charge < -0.3 is 20.4 Å². The topological polar surface area (TPSA) is 110 Å². The predicted molar refractivity (Wildman–Crippen MR) is 63.5 cm³/mol. The molecule has 0 saturated heterocycles. The average molecular weight is 287 g/mol. The zero-order valence-electron chi connectivity index (χ0n) is 11.2. The van der Waals surface area contributed by atoms with Gasteiger partial charge in [0.1, 0.15) is 0 Å². The fourth-order valence-electron chi connectivity index (χ4n) is 1.37. The van der Waals surface area contributed by atoms with Crippen molar-refractivity contribution in [3.05, 3.63) is 35.9 Å². The number of ether oxygens (including phenoxy) is 1. The van der Waals surface area contributed by atoms with Gasteiger partial charge in [0.05, 0.1) is 12.4 Å². The minimum Gasteiger partial charge on any atom is -0.548 e. The zero-order chi connectivity index (χ0) is 14.3. The van der Waals surface area contributed by atoms with Crippen molar-refractivity contribution in [2.45, 2.75) is 25.3 Å². The van der Waals surface area contributed by atoms with Gasteiger partial charge in [-0.1, -0.05) is 30.3 Å². The third kappa shape index (κ3) is 7.40.